The summed E-state index contributed by atoms with van der Waals surface area (Å²) in [6, 6.07) is 3.13. The Labute approximate surface area is 126 Å². The van der Waals surface area contributed by atoms with E-state index in [0.29, 0.717) is 12.2 Å². The first kappa shape index (κ1) is 15.6. The molecule has 1 atom stereocenters. The SMILES string of the molecule is Cc1cc(Cl)c(S(=O)(=O)N2CCCC2C(C)C)cc1N. The molecule has 1 heterocycles. The minimum atomic E-state index is -3.58. The molecule has 112 valence electrons. The molecule has 2 N–H and O–H groups in total. The third-order valence-electron chi connectivity index (χ3n) is 3.93. The minimum Gasteiger partial charge on any atom is -0.398 e. The molecule has 4 nitrogen and oxygen atoms in total. The number of halogens is 1. The van der Waals surface area contributed by atoms with Crippen LogP contribution in [0.2, 0.25) is 5.02 Å². The quantitative estimate of drug-likeness (QED) is 0.872. The van der Waals surface area contributed by atoms with Gasteiger partial charge in [-0.05, 0) is 43.4 Å². The van der Waals surface area contributed by atoms with Gasteiger partial charge in [-0.1, -0.05) is 25.4 Å². The molecule has 6 heteroatoms. The fraction of sp³-hybridized carbons (Fsp3) is 0.571. The number of anilines is 1. The number of benzene rings is 1. The lowest BCUT2D eigenvalue weighted by molar-refractivity contribution is 0.316. The van der Waals surface area contributed by atoms with E-state index in [1.165, 1.54) is 6.07 Å². The van der Waals surface area contributed by atoms with Crippen LogP contribution in [0.15, 0.2) is 17.0 Å². The molecule has 0 bridgehead atoms. The first-order valence-corrected chi connectivity index (χ1v) is 8.64. The van der Waals surface area contributed by atoms with Gasteiger partial charge in [-0.2, -0.15) is 4.31 Å². The van der Waals surface area contributed by atoms with E-state index in [2.05, 4.69) is 0 Å². The molecule has 1 unspecified atom stereocenters. The summed E-state index contributed by atoms with van der Waals surface area (Å²) in [5, 5.41) is 0.242. The standard InChI is InChI=1S/C14H21ClN2O2S/c1-9(2)13-5-4-6-17(13)20(18,19)14-8-12(16)10(3)7-11(14)15/h7-9,13H,4-6,16H2,1-3H3. The third kappa shape index (κ3) is 2.67. The number of nitrogen functional groups attached to an aromatic ring is 1. The molecule has 1 aromatic rings. The molecule has 1 aromatic carbocycles. The molecule has 0 aromatic heterocycles. The van der Waals surface area contributed by atoms with Crippen molar-refractivity contribution in [3.05, 3.63) is 22.7 Å². The van der Waals surface area contributed by atoms with Crippen LogP contribution in [-0.4, -0.2) is 25.3 Å². The van der Waals surface area contributed by atoms with Crippen molar-refractivity contribution in [2.45, 2.75) is 44.6 Å². The second-order valence-electron chi connectivity index (χ2n) is 5.71. The van der Waals surface area contributed by atoms with E-state index >= 15 is 0 Å². The summed E-state index contributed by atoms with van der Waals surface area (Å²) >= 11 is 6.13. The summed E-state index contributed by atoms with van der Waals surface area (Å²) in [4.78, 5) is 0.120. The molecule has 0 saturated carbocycles. The van der Waals surface area contributed by atoms with Crippen LogP contribution in [0.3, 0.4) is 0 Å². The van der Waals surface area contributed by atoms with Crippen molar-refractivity contribution >= 4 is 27.3 Å². The van der Waals surface area contributed by atoms with Crippen molar-refractivity contribution in [3.63, 3.8) is 0 Å². The van der Waals surface area contributed by atoms with Gasteiger partial charge in [0.25, 0.3) is 0 Å². The Kier molecular flexibility index (Phi) is 4.33. The number of hydrogen-bond acceptors (Lipinski definition) is 3. The Bertz CT molecular complexity index is 614. The highest BCUT2D eigenvalue weighted by molar-refractivity contribution is 7.89. The van der Waals surface area contributed by atoms with Gasteiger partial charge in [-0.25, -0.2) is 8.42 Å². The number of nitrogens with zero attached hydrogens (tertiary/aromatic N) is 1. The van der Waals surface area contributed by atoms with Crippen LogP contribution >= 0.6 is 11.6 Å². The highest BCUT2D eigenvalue weighted by Crippen LogP contribution is 2.34. The molecule has 0 amide bonds. The van der Waals surface area contributed by atoms with E-state index in [9.17, 15) is 8.42 Å². The highest BCUT2D eigenvalue weighted by atomic mass is 35.5. The summed E-state index contributed by atoms with van der Waals surface area (Å²) in [5.41, 5.74) is 7.08. The van der Waals surface area contributed by atoms with Crippen LogP contribution in [0.4, 0.5) is 5.69 Å². The number of aryl methyl sites for hydroxylation is 1. The predicted molar refractivity (Wildman–Crippen MR) is 82.4 cm³/mol. The summed E-state index contributed by atoms with van der Waals surface area (Å²) in [6.07, 6.45) is 1.79. The maximum atomic E-state index is 12.8. The van der Waals surface area contributed by atoms with Crippen LogP contribution in [0, 0.1) is 12.8 Å². The third-order valence-corrected chi connectivity index (χ3v) is 6.31. The Hall–Kier alpha value is -0.780. The first-order chi connectivity index (χ1) is 9.25. The normalized spacial score (nSPS) is 20.8. The van der Waals surface area contributed by atoms with Gasteiger partial charge in [0.15, 0.2) is 0 Å². The Balaban J connectivity index is 2.48. The van der Waals surface area contributed by atoms with Crippen LogP contribution in [0.25, 0.3) is 0 Å². The molecule has 1 fully saturated rings. The maximum absolute atomic E-state index is 12.8. The van der Waals surface area contributed by atoms with Gasteiger partial charge in [0.2, 0.25) is 10.0 Å². The molecular weight excluding hydrogens is 296 g/mol. The molecule has 1 aliphatic rings. The molecule has 1 aliphatic heterocycles. The van der Waals surface area contributed by atoms with Crippen molar-refractivity contribution in [1.29, 1.82) is 0 Å². The fourth-order valence-electron chi connectivity index (χ4n) is 2.72. The Morgan fingerprint density at radius 1 is 1.40 bits per heavy atom. The average Bonchev–Trinajstić information content (AvgIpc) is 2.83. The first-order valence-electron chi connectivity index (χ1n) is 6.82. The molecule has 1 saturated heterocycles. The van der Waals surface area contributed by atoms with Crippen LogP contribution in [0.5, 0.6) is 0 Å². The molecular formula is C14H21ClN2O2S. The summed E-state index contributed by atoms with van der Waals surface area (Å²) < 4.78 is 27.2. The zero-order valence-corrected chi connectivity index (χ0v) is 13.6. The van der Waals surface area contributed by atoms with Crippen molar-refractivity contribution in [2.75, 3.05) is 12.3 Å². The summed E-state index contributed by atoms with van der Waals surface area (Å²) in [5.74, 6) is 0.286. The minimum absolute atomic E-state index is 0.0404. The van der Waals surface area contributed by atoms with Gasteiger partial charge in [-0.15, -0.1) is 0 Å². The van der Waals surface area contributed by atoms with Crippen LogP contribution in [-0.2, 0) is 10.0 Å². The number of rotatable bonds is 3. The Morgan fingerprint density at radius 3 is 2.65 bits per heavy atom. The molecule has 2 rings (SSSR count). The zero-order chi connectivity index (χ0) is 15.1. The van der Waals surface area contributed by atoms with Crippen LogP contribution < -0.4 is 5.73 Å². The smallest absolute Gasteiger partial charge is 0.244 e. The molecule has 0 radical (unpaired) electrons. The van der Waals surface area contributed by atoms with Gasteiger partial charge in [0, 0.05) is 18.3 Å². The van der Waals surface area contributed by atoms with E-state index in [1.54, 1.807) is 10.4 Å². The van der Waals surface area contributed by atoms with Gasteiger partial charge in [0.05, 0.1) is 5.02 Å². The van der Waals surface area contributed by atoms with E-state index in [-0.39, 0.29) is 21.9 Å². The molecule has 20 heavy (non-hydrogen) atoms. The summed E-state index contributed by atoms with van der Waals surface area (Å²) in [7, 11) is -3.58. The van der Waals surface area contributed by atoms with Gasteiger partial charge in [-0.3, -0.25) is 0 Å². The van der Waals surface area contributed by atoms with E-state index in [0.717, 1.165) is 18.4 Å². The van der Waals surface area contributed by atoms with Gasteiger partial charge < -0.3 is 5.73 Å². The largest absolute Gasteiger partial charge is 0.398 e. The second kappa shape index (κ2) is 5.54. The van der Waals surface area contributed by atoms with Crippen molar-refractivity contribution < 1.29 is 8.42 Å². The van der Waals surface area contributed by atoms with E-state index in [1.807, 2.05) is 20.8 Å². The fourth-order valence-corrected chi connectivity index (χ4v) is 5.14. The van der Waals surface area contributed by atoms with Crippen molar-refractivity contribution in [1.82, 2.24) is 4.31 Å². The molecule has 0 aliphatic carbocycles. The number of hydrogen-bond donors (Lipinski definition) is 1. The topological polar surface area (TPSA) is 63.4 Å². The lowest BCUT2D eigenvalue weighted by Crippen LogP contribution is -2.38. The monoisotopic (exact) mass is 316 g/mol. The lowest BCUT2D eigenvalue weighted by atomic mass is 10.0. The second-order valence-corrected chi connectivity index (χ2v) is 7.97. The van der Waals surface area contributed by atoms with E-state index < -0.39 is 10.0 Å². The van der Waals surface area contributed by atoms with E-state index in [4.69, 9.17) is 17.3 Å². The van der Waals surface area contributed by atoms with Gasteiger partial charge in [0.1, 0.15) is 4.90 Å². The zero-order valence-electron chi connectivity index (χ0n) is 12.1. The summed E-state index contributed by atoms with van der Waals surface area (Å²) in [6.45, 7) is 6.45. The van der Waals surface area contributed by atoms with Gasteiger partial charge >= 0.3 is 0 Å². The predicted octanol–water partition coefficient (Wildman–Crippen LogP) is 3.04. The molecule has 0 spiro atoms. The average molecular weight is 317 g/mol. The maximum Gasteiger partial charge on any atom is 0.244 e. The lowest BCUT2D eigenvalue weighted by Gasteiger charge is -2.27. The number of sulfonamides is 1. The van der Waals surface area contributed by atoms with Crippen molar-refractivity contribution in [3.8, 4) is 0 Å². The van der Waals surface area contributed by atoms with Crippen LogP contribution in [0.1, 0.15) is 32.3 Å². The Morgan fingerprint density at radius 2 is 2.05 bits per heavy atom. The number of nitrogens with two attached hydrogens (primary N) is 1. The van der Waals surface area contributed by atoms with Crippen molar-refractivity contribution in [2.24, 2.45) is 5.92 Å². The highest BCUT2D eigenvalue weighted by Gasteiger charge is 2.37.